The zero-order valence-electron chi connectivity index (χ0n) is 13.6. The van der Waals surface area contributed by atoms with Crippen LogP contribution in [0, 0.1) is 5.82 Å². The lowest BCUT2D eigenvalue weighted by atomic mass is 10.2. The molecule has 9 heteroatoms. The minimum atomic E-state index is -3.44. The Hall–Kier alpha value is -1.29. The van der Waals surface area contributed by atoms with Crippen molar-refractivity contribution in [3.63, 3.8) is 0 Å². The summed E-state index contributed by atoms with van der Waals surface area (Å²) in [4.78, 5) is 1.55. The van der Waals surface area contributed by atoms with Gasteiger partial charge in [-0.25, -0.2) is 25.5 Å². The molecule has 1 aromatic carbocycles. The summed E-state index contributed by atoms with van der Waals surface area (Å²) in [5.41, 5.74) is 0.821. The van der Waals surface area contributed by atoms with Crippen molar-refractivity contribution in [1.82, 2.24) is 4.31 Å². The predicted octanol–water partition coefficient (Wildman–Crippen LogP) is 2.68. The lowest BCUT2D eigenvalue weighted by molar-refractivity contribution is 0.432. The summed E-state index contributed by atoms with van der Waals surface area (Å²) in [6, 6.07) is 9.61. The van der Waals surface area contributed by atoms with E-state index in [0.29, 0.717) is 4.88 Å². The van der Waals surface area contributed by atoms with Gasteiger partial charge in [-0.05, 0) is 36.2 Å². The third-order valence-electron chi connectivity index (χ3n) is 4.24. The lowest BCUT2D eigenvalue weighted by Gasteiger charge is -2.16. The van der Waals surface area contributed by atoms with Gasteiger partial charge in [-0.3, -0.25) is 0 Å². The molecule has 136 valence electrons. The van der Waals surface area contributed by atoms with Crippen LogP contribution in [0.4, 0.5) is 4.39 Å². The second-order valence-electron chi connectivity index (χ2n) is 6.02. The number of sulfone groups is 1. The summed E-state index contributed by atoms with van der Waals surface area (Å²) in [5.74, 6) is -0.512. The van der Waals surface area contributed by atoms with Crippen LogP contribution in [0.1, 0.15) is 16.5 Å². The monoisotopic (exact) mass is 403 g/mol. The molecule has 1 aliphatic rings. The quantitative estimate of drug-likeness (QED) is 0.790. The van der Waals surface area contributed by atoms with Gasteiger partial charge < -0.3 is 0 Å². The van der Waals surface area contributed by atoms with Crippen LogP contribution in [0.25, 0.3) is 10.4 Å². The molecule has 0 bridgehead atoms. The zero-order valence-corrected chi connectivity index (χ0v) is 16.0. The molecule has 25 heavy (non-hydrogen) atoms. The van der Waals surface area contributed by atoms with E-state index >= 15 is 0 Å². The Morgan fingerprint density at radius 2 is 1.80 bits per heavy atom. The smallest absolute Gasteiger partial charge is 0.211 e. The first-order chi connectivity index (χ1) is 11.7. The highest BCUT2D eigenvalue weighted by Crippen LogP contribution is 2.38. The fourth-order valence-electron chi connectivity index (χ4n) is 2.87. The van der Waals surface area contributed by atoms with E-state index in [4.69, 9.17) is 0 Å². The summed E-state index contributed by atoms with van der Waals surface area (Å²) >= 11 is 1.35. The Kier molecular flexibility index (Phi) is 5.02. The van der Waals surface area contributed by atoms with Gasteiger partial charge in [-0.2, -0.15) is 0 Å². The van der Waals surface area contributed by atoms with Gasteiger partial charge in [-0.1, -0.05) is 12.1 Å². The van der Waals surface area contributed by atoms with E-state index in [2.05, 4.69) is 0 Å². The van der Waals surface area contributed by atoms with Gasteiger partial charge in [0.1, 0.15) is 5.82 Å². The molecule has 1 aromatic heterocycles. The number of sulfonamides is 1. The normalized spacial score (nSPS) is 21.8. The first-order valence-electron chi connectivity index (χ1n) is 7.69. The minimum Gasteiger partial charge on any atom is -0.228 e. The zero-order chi connectivity index (χ0) is 18.2. The van der Waals surface area contributed by atoms with Gasteiger partial charge >= 0.3 is 0 Å². The molecule has 0 amide bonds. The van der Waals surface area contributed by atoms with Crippen LogP contribution in [-0.2, 0) is 19.9 Å². The fraction of sp³-hybridized carbons (Fsp3) is 0.375. The molecule has 0 spiro atoms. The molecule has 5 nitrogen and oxygen atoms in total. The predicted molar refractivity (Wildman–Crippen MR) is 97.3 cm³/mol. The van der Waals surface area contributed by atoms with Crippen molar-refractivity contribution in [2.75, 3.05) is 25.1 Å². The maximum atomic E-state index is 13.0. The standard InChI is InChI=1S/C16H18FNO4S3/c1-24(19,20)18-9-8-16(25(21,22)11-10-18)15-7-6-14(23-15)12-2-4-13(17)5-3-12/h2-7,16H,8-11H2,1H3. The Balaban J connectivity index is 1.89. The van der Waals surface area contributed by atoms with E-state index in [0.717, 1.165) is 16.7 Å². The summed E-state index contributed by atoms with van der Waals surface area (Å²) in [6.07, 6.45) is 1.33. The van der Waals surface area contributed by atoms with Gasteiger partial charge in [0.2, 0.25) is 10.0 Å². The highest BCUT2D eigenvalue weighted by atomic mass is 32.2. The number of thiophene rings is 1. The lowest BCUT2D eigenvalue weighted by Crippen LogP contribution is -2.32. The molecule has 1 unspecified atom stereocenters. The maximum Gasteiger partial charge on any atom is 0.211 e. The number of benzene rings is 1. The summed E-state index contributed by atoms with van der Waals surface area (Å²) < 4.78 is 62.9. The van der Waals surface area contributed by atoms with Gasteiger partial charge in [0.15, 0.2) is 9.84 Å². The van der Waals surface area contributed by atoms with Crippen molar-refractivity contribution < 1.29 is 21.2 Å². The van der Waals surface area contributed by atoms with Crippen molar-refractivity contribution >= 4 is 31.2 Å². The molecule has 0 aliphatic carbocycles. The van der Waals surface area contributed by atoms with Crippen LogP contribution in [0.2, 0.25) is 0 Å². The Bertz CT molecular complexity index is 965. The molecule has 2 aromatic rings. The van der Waals surface area contributed by atoms with E-state index in [9.17, 15) is 21.2 Å². The summed E-state index contributed by atoms with van der Waals surface area (Å²) in [5, 5.41) is -0.710. The van der Waals surface area contributed by atoms with E-state index in [1.807, 2.05) is 6.07 Å². The molecule has 3 rings (SSSR count). The van der Waals surface area contributed by atoms with Crippen LogP contribution in [0.15, 0.2) is 36.4 Å². The molecule has 2 heterocycles. The van der Waals surface area contributed by atoms with Gasteiger partial charge in [0.25, 0.3) is 0 Å². The van der Waals surface area contributed by atoms with Crippen LogP contribution in [0.3, 0.4) is 0 Å². The Morgan fingerprint density at radius 1 is 1.12 bits per heavy atom. The number of hydrogen-bond acceptors (Lipinski definition) is 5. The van der Waals surface area contributed by atoms with E-state index < -0.39 is 25.1 Å². The fourth-order valence-corrected chi connectivity index (χ4v) is 7.12. The molecule has 1 atom stereocenters. The van der Waals surface area contributed by atoms with Crippen molar-refractivity contribution in [2.24, 2.45) is 0 Å². The highest BCUT2D eigenvalue weighted by molar-refractivity contribution is 7.92. The van der Waals surface area contributed by atoms with E-state index in [1.54, 1.807) is 18.2 Å². The number of nitrogens with zero attached hydrogens (tertiary/aromatic N) is 1. The van der Waals surface area contributed by atoms with Crippen molar-refractivity contribution in [3.05, 3.63) is 47.1 Å². The summed E-state index contributed by atoms with van der Waals surface area (Å²) in [6.45, 7) is 0.181. The molecule has 0 radical (unpaired) electrons. The van der Waals surface area contributed by atoms with Crippen LogP contribution in [-0.4, -0.2) is 46.2 Å². The van der Waals surface area contributed by atoms with Crippen LogP contribution < -0.4 is 0 Å². The molecule has 1 fully saturated rings. The third-order valence-corrected chi connectivity index (χ3v) is 9.05. The van der Waals surface area contributed by atoms with Gasteiger partial charge in [0.05, 0.1) is 17.3 Å². The average Bonchev–Trinajstić information content (AvgIpc) is 2.92. The SMILES string of the molecule is CS(=O)(=O)N1CCC(c2ccc(-c3ccc(F)cc3)s2)S(=O)(=O)CC1. The maximum absolute atomic E-state index is 13.0. The minimum absolute atomic E-state index is 0.00609. The van der Waals surface area contributed by atoms with Crippen LogP contribution in [0.5, 0.6) is 0 Å². The summed E-state index contributed by atoms with van der Waals surface area (Å²) in [7, 11) is -6.85. The second kappa shape index (κ2) is 6.79. The molecule has 1 aliphatic heterocycles. The topological polar surface area (TPSA) is 71.5 Å². The first kappa shape index (κ1) is 18.5. The Morgan fingerprint density at radius 3 is 2.44 bits per heavy atom. The second-order valence-corrected chi connectivity index (χ2v) is 11.4. The molecular formula is C16H18FNO4S3. The molecule has 0 saturated carbocycles. The third kappa shape index (κ3) is 4.11. The van der Waals surface area contributed by atoms with Crippen molar-refractivity contribution in [2.45, 2.75) is 11.7 Å². The van der Waals surface area contributed by atoms with Gasteiger partial charge in [-0.15, -0.1) is 11.3 Å². The first-order valence-corrected chi connectivity index (χ1v) is 12.1. The number of halogens is 1. The number of rotatable bonds is 3. The molecule has 0 N–H and O–H groups in total. The number of hydrogen-bond donors (Lipinski definition) is 0. The van der Waals surface area contributed by atoms with Crippen molar-refractivity contribution in [1.29, 1.82) is 0 Å². The van der Waals surface area contributed by atoms with Crippen molar-refractivity contribution in [3.8, 4) is 10.4 Å². The van der Waals surface area contributed by atoms with Gasteiger partial charge in [0, 0.05) is 22.8 Å². The molecular weight excluding hydrogens is 385 g/mol. The molecule has 1 saturated heterocycles. The largest absolute Gasteiger partial charge is 0.228 e. The van der Waals surface area contributed by atoms with E-state index in [1.165, 1.54) is 27.8 Å². The van der Waals surface area contributed by atoms with Crippen LogP contribution >= 0.6 is 11.3 Å². The highest BCUT2D eigenvalue weighted by Gasteiger charge is 2.34. The Labute approximate surface area is 151 Å². The average molecular weight is 404 g/mol. The van der Waals surface area contributed by atoms with E-state index in [-0.39, 0.29) is 31.1 Å².